The third-order valence-electron chi connectivity index (χ3n) is 2.73. The molecular weight excluding hydrogens is 247 g/mol. The molecule has 1 heterocycles. The number of benzene rings is 1. The molecule has 1 aromatic heterocycles. The number of hydrogen-bond donors (Lipinski definition) is 0. The van der Waals surface area contributed by atoms with Crippen LogP contribution < -0.4 is 9.64 Å². The van der Waals surface area contributed by atoms with E-state index in [0.29, 0.717) is 17.0 Å². The lowest BCUT2D eigenvalue weighted by Crippen LogP contribution is -2.26. The number of amides is 1. The van der Waals surface area contributed by atoms with E-state index in [0.717, 1.165) is 6.07 Å². The molecule has 0 N–H and O–H groups in total. The highest BCUT2D eigenvalue weighted by atomic mass is 19.1. The van der Waals surface area contributed by atoms with Crippen LogP contribution in [0.5, 0.6) is 5.75 Å². The van der Waals surface area contributed by atoms with Crippen LogP contribution in [-0.2, 0) is 0 Å². The van der Waals surface area contributed by atoms with Gasteiger partial charge in [-0.2, -0.15) is 4.39 Å². The Labute approximate surface area is 110 Å². The zero-order chi connectivity index (χ0) is 13.8. The number of carbonyl (C=O) groups is 1. The highest BCUT2D eigenvalue weighted by Gasteiger charge is 2.16. The summed E-state index contributed by atoms with van der Waals surface area (Å²) in [6.45, 7) is 0. The predicted molar refractivity (Wildman–Crippen MR) is 69.9 cm³/mol. The maximum Gasteiger partial charge on any atom is 0.259 e. The minimum Gasteiger partial charge on any atom is -0.495 e. The van der Waals surface area contributed by atoms with Crippen LogP contribution in [0.1, 0.15) is 10.4 Å². The number of methoxy groups -OCH3 is 1. The van der Waals surface area contributed by atoms with E-state index in [1.807, 2.05) is 12.1 Å². The van der Waals surface area contributed by atoms with Crippen LogP contribution in [0.2, 0.25) is 0 Å². The van der Waals surface area contributed by atoms with Gasteiger partial charge in [0.05, 0.1) is 18.4 Å². The molecule has 19 heavy (non-hydrogen) atoms. The van der Waals surface area contributed by atoms with Crippen LogP contribution in [0.25, 0.3) is 0 Å². The van der Waals surface area contributed by atoms with Gasteiger partial charge >= 0.3 is 0 Å². The molecule has 0 saturated carbocycles. The Kier molecular flexibility index (Phi) is 3.75. The molecule has 0 aliphatic rings. The highest BCUT2D eigenvalue weighted by Crippen LogP contribution is 2.27. The standard InChI is InChI=1S/C14H13FN2O2/c1-17(11-5-3-4-6-12(11)19-2)14(18)10-7-8-13(15)16-9-10/h3-9H,1-2H3. The fraction of sp³-hybridized carbons (Fsp3) is 0.143. The summed E-state index contributed by atoms with van der Waals surface area (Å²) in [6, 6.07) is 9.72. The molecule has 4 nitrogen and oxygen atoms in total. The van der Waals surface area contributed by atoms with E-state index >= 15 is 0 Å². The second-order valence-corrected chi connectivity index (χ2v) is 3.91. The van der Waals surface area contributed by atoms with E-state index in [2.05, 4.69) is 4.98 Å². The molecule has 1 aromatic carbocycles. The molecule has 0 aliphatic carbocycles. The predicted octanol–water partition coefficient (Wildman–Crippen LogP) is 2.51. The molecule has 5 heteroatoms. The van der Waals surface area contributed by atoms with Crippen molar-refractivity contribution in [1.82, 2.24) is 4.98 Å². The van der Waals surface area contributed by atoms with Crippen LogP contribution in [0.15, 0.2) is 42.6 Å². The minimum atomic E-state index is -0.614. The normalized spacial score (nSPS) is 10.1. The summed E-state index contributed by atoms with van der Waals surface area (Å²) in [4.78, 5) is 17.1. The maximum atomic E-state index is 12.7. The Morgan fingerprint density at radius 2 is 2.00 bits per heavy atom. The maximum absolute atomic E-state index is 12.7. The molecule has 0 unspecified atom stereocenters. The summed E-state index contributed by atoms with van der Waals surface area (Å²) in [7, 11) is 3.17. The molecule has 0 radical (unpaired) electrons. The van der Waals surface area contributed by atoms with Crippen molar-refractivity contribution >= 4 is 11.6 Å². The number of carbonyl (C=O) groups excluding carboxylic acids is 1. The zero-order valence-corrected chi connectivity index (χ0v) is 10.6. The van der Waals surface area contributed by atoms with E-state index in [9.17, 15) is 9.18 Å². The third kappa shape index (κ3) is 2.70. The molecule has 0 fully saturated rings. The van der Waals surface area contributed by atoms with Crippen LogP contribution in [0.3, 0.4) is 0 Å². The molecule has 0 atom stereocenters. The van der Waals surface area contributed by atoms with Crippen LogP contribution in [0.4, 0.5) is 10.1 Å². The first-order chi connectivity index (χ1) is 9.13. The minimum absolute atomic E-state index is 0.281. The first-order valence-electron chi connectivity index (χ1n) is 5.66. The van der Waals surface area contributed by atoms with Gasteiger partial charge in [-0.3, -0.25) is 4.79 Å². The van der Waals surface area contributed by atoms with Gasteiger partial charge in [0.2, 0.25) is 5.95 Å². The van der Waals surface area contributed by atoms with Crippen molar-refractivity contribution < 1.29 is 13.9 Å². The van der Waals surface area contributed by atoms with E-state index in [1.54, 1.807) is 19.2 Å². The summed E-state index contributed by atoms with van der Waals surface area (Å²) in [6.07, 6.45) is 1.21. The van der Waals surface area contributed by atoms with Gasteiger partial charge in [-0.1, -0.05) is 12.1 Å². The number of pyridine rings is 1. The molecule has 0 spiro atoms. The summed E-state index contributed by atoms with van der Waals surface area (Å²) in [5, 5.41) is 0. The van der Waals surface area contributed by atoms with Crippen molar-refractivity contribution in [3.8, 4) is 5.75 Å². The zero-order valence-electron chi connectivity index (χ0n) is 10.6. The van der Waals surface area contributed by atoms with Crippen LogP contribution >= 0.6 is 0 Å². The monoisotopic (exact) mass is 260 g/mol. The van der Waals surface area contributed by atoms with Crippen molar-refractivity contribution in [2.45, 2.75) is 0 Å². The summed E-state index contributed by atoms with van der Waals surface area (Å²) < 4.78 is 17.9. The average Bonchev–Trinajstić information content (AvgIpc) is 2.46. The second kappa shape index (κ2) is 5.48. The summed E-state index contributed by atoms with van der Waals surface area (Å²) in [5.41, 5.74) is 0.953. The second-order valence-electron chi connectivity index (χ2n) is 3.91. The number of para-hydroxylation sites is 2. The number of ether oxygens (including phenoxy) is 1. The summed E-state index contributed by atoms with van der Waals surface area (Å²) >= 11 is 0. The van der Waals surface area contributed by atoms with Crippen molar-refractivity contribution in [3.63, 3.8) is 0 Å². The first kappa shape index (κ1) is 13.0. The Balaban J connectivity index is 2.30. The largest absolute Gasteiger partial charge is 0.495 e. The molecule has 0 bridgehead atoms. The molecule has 0 aliphatic heterocycles. The van der Waals surface area contributed by atoms with Gasteiger partial charge in [0.15, 0.2) is 0 Å². The van der Waals surface area contributed by atoms with Crippen molar-refractivity contribution in [2.24, 2.45) is 0 Å². The first-order valence-corrected chi connectivity index (χ1v) is 5.66. The smallest absolute Gasteiger partial charge is 0.259 e. The van der Waals surface area contributed by atoms with Gasteiger partial charge in [-0.05, 0) is 24.3 Å². The van der Waals surface area contributed by atoms with E-state index in [4.69, 9.17) is 4.74 Å². The lowest BCUT2D eigenvalue weighted by atomic mass is 10.2. The van der Waals surface area contributed by atoms with Gasteiger partial charge in [-0.15, -0.1) is 0 Å². The highest BCUT2D eigenvalue weighted by molar-refractivity contribution is 6.06. The number of nitrogens with zero attached hydrogens (tertiary/aromatic N) is 2. The van der Waals surface area contributed by atoms with Gasteiger partial charge in [0.25, 0.3) is 5.91 Å². The van der Waals surface area contributed by atoms with Crippen molar-refractivity contribution in [1.29, 1.82) is 0 Å². The third-order valence-corrected chi connectivity index (χ3v) is 2.73. The number of anilines is 1. The lowest BCUT2D eigenvalue weighted by molar-refractivity contribution is 0.0992. The quantitative estimate of drug-likeness (QED) is 0.796. The molecule has 2 aromatic rings. The van der Waals surface area contributed by atoms with Gasteiger partial charge in [0.1, 0.15) is 5.75 Å². The Hall–Kier alpha value is -2.43. The average molecular weight is 260 g/mol. The van der Waals surface area contributed by atoms with Crippen molar-refractivity contribution in [3.05, 3.63) is 54.1 Å². The molecule has 98 valence electrons. The van der Waals surface area contributed by atoms with Crippen LogP contribution in [-0.4, -0.2) is 25.0 Å². The number of aromatic nitrogens is 1. The lowest BCUT2D eigenvalue weighted by Gasteiger charge is -2.19. The van der Waals surface area contributed by atoms with Crippen LogP contribution in [0, 0.1) is 5.95 Å². The van der Waals surface area contributed by atoms with Gasteiger partial charge in [-0.25, -0.2) is 4.98 Å². The topological polar surface area (TPSA) is 42.4 Å². The number of rotatable bonds is 3. The van der Waals surface area contributed by atoms with E-state index in [-0.39, 0.29) is 5.91 Å². The molecule has 2 rings (SSSR count). The van der Waals surface area contributed by atoms with Gasteiger partial charge in [0, 0.05) is 13.2 Å². The molecule has 1 amide bonds. The molecule has 0 saturated heterocycles. The van der Waals surface area contributed by atoms with Crippen molar-refractivity contribution in [2.75, 3.05) is 19.1 Å². The number of hydrogen-bond acceptors (Lipinski definition) is 3. The fourth-order valence-electron chi connectivity index (χ4n) is 1.71. The summed E-state index contributed by atoms with van der Waals surface area (Å²) in [5.74, 6) is -0.304. The Morgan fingerprint density at radius 3 is 2.63 bits per heavy atom. The molecular formula is C14H13FN2O2. The fourth-order valence-corrected chi connectivity index (χ4v) is 1.71. The SMILES string of the molecule is COc1ccccc1N(C)C(=O)c1ccc(F)nc1. The Bertz CT molecular complexity index is 584. The number of halogens is 1. The Morgan fingerprint density at radius 1 is 1.26 bits per heavy atom. The van der Waals surface area contributed by atoms with Gasteiger partial charge < -0.3 is 9.64 Å². The van der Waals surface area contributed by atoms with E-state index < -0.39 is 5.95 Å². The van der Waals surface area contributed by atoms with E-state index in [1.165, 1.54) is 24.3 Å².